The van der Waals surface area contributed by atoms with Gasteiger partial charge in [-0.25, -0.2) is 0 Å². The molecule has 7 nitrogen and oxygen atoms in total. The zero-order valence-electron chi connectivity index (χ0n) is 16.5. The number of aryl methyl sites for hydroxylation is 1. The second kappa shape index (κ2) is 8.53. The van der Waals surface area contributed by atoms with E-state index in [1.165, 1.54) is 0 Å². The summed E-state index contributed by atoms with van der Waals surface area (Å²) < 4.78 is 11.3. The maximum Gasteiger partial charge on any atom is 0.265 e. The predicted octanol–water partition coefficient (Wildman–Crippen LogP) is 2.06. The number of benzene rings is 2. The van der Waals surface area contributed by atoms with Gasteiger partial charge in [0.15, 0.2) is 6.10 Å². The molecule has 0 aliphatic carbocycles. The lowest BCUT2D eigenvalue weighted by atomic mass is 10.1. The first-order valence-electron chi connectivity index (χ1n) is 9.84. The Labute approximate surface area is 170 Å². The Morgan fingerprint density at radius 2 is 1.79 bits per heavy atom. The number of carbonyl (C=O) groups is 2. The van der Waals surface area contributed by atoms with Crippen LogP contribution in [0.1, 0.15) is 5.56 Å². The quantitative estimate of drug-likeness (QED) is 0.858. The summed E-state index contributed by atoms with van der Waals surface area (Å²) in [6, 6.07) is 15.2. The molecular formula is C22H25N3O4. The van der Waals surface area contributed by atoms with E-state index in [2.05, 4.69) is 5.32 Å². The fourth-order valence-electron chi connectivity index (χ4n) is 3.65. The van der Waals surface area contributed by atoms with E-state index < -0.39 is 6.10 Å². The normalized spacial score (nSPS) is 18.6. The van der Waals surface area contributed by atoms with Gasteiger partial charge in [-0.3, -0.25) is 9.59 Å². The van der Waals surface area contributed by atoms with Crippen molar-refractivity contribution in [3.8, 4) is 5.75 Å². The van der Waals surface area contributed by atoms with Crippen LogP contribution in [-0.2, 0) is 14.3 Å². The number of ether oxygens (including phenoxy) is 2. The van der Waals surface area contributed by atoms with Crippen LogP contribution in [0.2, 0.25) is 0 Å². The maximum atomic E-state index is 12.9. The monoisotopic (exact) mass is 395 g/mol. The van der Waals surface area contributed by atoms with Crippen molar-refractivity contribution in [1.82, 2.24) is 4.90 Å². The van der Waals surface area contributed by atoms with E-state index in [9.17, 15) is 9.59 Å². The first-order chi connectivity index (χ1) is 14.1. The van der Waals surface area contributed by atoms with Crippen LogP contribution in [0.25, 0.3) is 0 Å². The maximum absolute atomic E-state index is 12.9. The fraction of sp³-hybridized carbons (Fsp3) is 0.364. The lowest BCUT2D eigenvalue weighted by Crippen LogP contribution is -2.53. The zero-order chi connectivity index (χ0) is 20.2. The first-order valence-corrected chi connectivity index (χ1v) is 9.84. The van der Waals surface area contributed by atoms with Gasteiger partial charge in [0.1, 0.15) is 5.75 Å². The number of amides is 2. The highest BCUT2D eigenvalue weighted by Crippen LogP contribution is 2.33. The van der Waals surface area contributed by atoms with Crippen LogP contribution >= 0.6 is 0 Å². The number of hydrogen-bond acceptors (Lipinski definition) is 5. The molecule has 2 aliphatic rings. The van der Waals surface area contributed by atoms with Crippen LogP contribution in [0.4, 0.5) is 11.4 Å². The summed E-state index contributed by atoms with van der Waals surface area (Å²) in [7, 11) is 0. The van der Waals surface area contributed by atoms with Gasteiger partial charge in [0.05, 0.1) is 32.0 Å². The van der Waals surface area contributed by atoms with Crippen molar-refractivity contribution in [2.45, 2.75) is 13.0 Å². The number of anilines is 2. The molecule has 1 atom stereocenters. The SMILES string of the molecule is Cc1ccccc1NC(=O)CN1CC(C(=O)N2CCOCC2)Oc2ccccc21. The molecule has 2 aromatic rings. The topological polar surface area (TPSA) is 71.1 Å². The molecular weight excluding hydrogens is 370 g/mol. The Bertz CT molecular complexity index is 895. The summed E-state index contributed by atoms with van der Waals surface area (Å²) in [5, 5.41) is 2.96. The highest BCUT2D eigenvalue weighted by atomic mass is 16.5. The van der Waals surface area contributed by atoms with Gasteiger partial charge in [0, 0.05) is 18.8 Å². The predicted molar refractivity (Wildman–Crippen MR) is 110 cm³/mol. The molecule has 0 bridgehead atoms. The van der Waals surface area contributed by atoms with Crippen molar-refractivity contribution in [2.24, 2.45) is 0 Å². The molecule has 0 radical (unpaired) electrons. The number of fused-ring (bicyclic) bond motifs is 1. The highest BCUT2D eigenvalue weighted by Gasteiger charge is 2.34. The molecule has 1 N–H and O–H groups in total. The molecule has 29 heavy (non-hydrogen) atoms. The first kappa shape index (κ1) is 19.3. The van der Waals surface area contributed by atoms with Crippen LogP contribution in [0.15, 0.2) is 48.5 Å². The van der Waals surface area contributed by atoms with Gasteiger partial charge in [-0.05, 0) is 30.7 Å². The summed E-state index contributed by atoms with van der Waals surface area (Å²) in [4.78, 5) is 29.3. The van der Waals surface area contributed by atoms with Crippen molar-refractivity contribution in [1.29, 1.82) is 0 Å². The Morgan fingerprint density at radius 1 is 1.07 bits per heavy atom. The van der Waals surface area contributed by atoms with Gasteiger partial charge < -0.3 is 24.6 Å². The zero-order valence-corrected chi connectivity index (χ0v) is 16.5. The van der Waals surface area contributed by atoms with Crippen LogP contribution in [0.5, 0.6) is 5.75 Å². The molecule has 1 saturated heterocycles. The van der Waals surface area contributed by atoms with E-state index in [4.69, 9.17) is 9.47 Å². The number of nitrogens with one attached hydrogen (secondary N) is 1. The summed E-state index contributed by atoms with van der Waals surface area (Å²) in [6.07, 6.45) is -0.644. The van der Waals surface area contributed by atoms with Crippen LogP contribution in [-0.4, -0.2) is 62.2 Å². The molecule has 0 saturated carbocycles. The lowest BCUT2D eigenvalue weighted by Gasteiger charge is -2.38. The molecule has 152 valence electrons. The smallest absolute Gasteiger partial charge is 0.265 e. The van der Waals surface area contributed by atoms with Gasteiger partial charge in [-0.2, -0.15) is 0 Å². The van der Waals surface area contributed by atoms with Crippen molar-refractivity contribution in [2.75, 3.05) is 49.6 Å². The third-order valence-corrected chi connectivity index (χ3v) is 5.21. The third-order valence-electron chi connectivity index (χ3n) is 5.21. The number of nitrogens with zero attached hydrogens (tertiary/aromatic N) is 2. The Balaban J connectivity index is 1.49. The third kappa shape index (κ3) is 4.35. The van der Waals surface area contributed by atoms with E-state index in [-0.39, 0.29) is 18.4 Å². The number of carbonyl (C=O) groups excluding carboxylic acids is 2. The van der Waals surface area contributed by atoms with Crippen LogP contribution in [0.3, 0.4) is 0 Å². The average Bonchev–Trinajstić information content (AvgIpc) is 2.75. The average molecular weight is 395 g/mol. The molecule has 1 unspecified atom stereocenters. The van der Waals surface area contributed by atoms with E-state index >= 15 is 0 Å². The van der Waals surface area contributed by atoms with Gasteiger partial charge in [-0.1, -0.05) is 30.3 Å². The van der Waals surface area contributed by atoms with E-state index in [1.54, 1.807) is 4.90 Å². The second-order valence-corrected chi connectivity index (χ2v) is 7.26. The second-order valence-electron chi connectivity index (χ2n) is 7.26. The standard InChI is InChI=1S/C22H25N3O4/c1-16-6-2-3-7-17(16)23-21(26)15-25-14-20(22(27)24-10-12-28-13-11-24)29-19-9-5-4-8-18(19)25/h2-9,20H,10-15H2,1H3,(H,23,26). The largest absolute Gasteiger partial charge is 0.477 e. The van der Waals surface area contributed by atoms with Gasteiger partial charge in [-0.15, -0.1) is 0 Å². The fourth-order valence-corrected chi connectivity index (χ4v) is 3.65. The van der Waals surface area contributed by atoms with E-state index in [0.717, 1.165) is 16.9 Å². The summed E-state index contributed by atoms with van der Waals surface area (Å²) in [5.74, 6) is 0.426. The number of hydrogen-bond donors (Lipinski definition) is 1. The van der Waals surface area contributed by atoms with Gasteiger partial charge in [0.2, 0.25) is 5.91 Å². The molecule has 2 amide bonds. The molecule has 2 heterocycles. The Kier molecular flexibility index (Phi) is 5.67. The van der Waals surface area contributed by atoms with Crippen molar-refractivity contribution >= 4 is 23.2 Å². The highest BCUT2D eigenvalue weighted by molar-refractivity contribution is 5.95. The van der Waals surface area contributed by atoms with Crippen LogP contribution < -0.4 is 15.0 Å². The van der Waals surface area contributed by atoms with Gasteiger partial charge in [0.25, 0.3) is 5.91 Å². The van der Waals surface area contributed by atoms with Crippen LogP contribution in [0, 0.1) is 6.92 Å². The minimum Gasteiger partial charge on any atom is -0.477 e. The molecule has 7 heteroatoms. The minimum atomic E-state index is -0.644. The number of morpholine rings is 1. The Hall–Kier alpha value is -3.06. The minimum absolute atomic E-state index is 0.0629. The molecule has 0 spiro atoms. The summed E-state index contributed by atoms with van der Waals surface area (Å²) in [5.41, 5.74) is 2.61. The van der Waals surface area contributed by atoms with Crippen molar-refractivity contribution in [3.63, 3.8) is 0 Å². The molecule has 4 rings (SSSR count). The number of rotatable bonds is 4. The molecule has 0 aromatic heterocycles. The van der Waals surface area contributed by atoms with Crippen molar-refractivity contribution < 1.29 is 19.1 Å². The molecule has 2 aromatic carbocycles. The van der Waals surface area contributed by atoms with E-state index in [0.29, 0.717) is 38.6 Å². The lowest BCUT2D eigenvalue weighted by molar-refractivity contribution is -0.142. The Morgan fingerprint density at radius 3 is 2.59 bits per heavy atom. The summed E-state index contributed by atoms with van der Waals surface area (Å²) in [6.45, 7) is 4.63. The summed E-state index contributed by atoms with van der Waals surface area (Å²) >= 11 is 0. The number of para-hydroxylation sites is 3. The van der Waals surface area contributed by atoms with Crippen molar-refractivity contribution in [3.05, 3.63) is 54.1 Å². The van der Waals surface area contributed by atoms with Gasteiger partial charge >= 0.3 is 0 Å². The molecule has 1 fully saturated rings. The molecule has 2 aliphatic heterocycles. The van der Waals surface area contributed by atoms with E-state index in [1.807, 2.05) is 60.4 Å².